The smallest absolute Gasteiger partial charge is 0.274 e. The van der Waals surface area contributed by atoms with Gasteiger partial charge in [-0.2, -0.15) is 23.2 Å². The van der Waals surface area contributed by atoms with Crippen LogP contribution in [0.5, 0.6) is 0 Å². The van der Waals surface area contributed by atoms with E-state index < -0.39 is 0 Å². The molecule has 4 rings (SSSR count). The van der Waals surface area contributed by atoms with E-state index in [0.29, 0.717) is 26.3 Å². The molecule has 0 radical (unpaired) electrons. The fourth-order valence-electron chi connectivity index (χ4n) is 4.38. The fourth-order valence-corrected chi connectivity index (χ4v) is 6.50. The van der Waals surface area contributed by atoms with Crippen LogP contribution in [-0.4, -0.2) is 36.6 Å². The Bertz CT molecular complexity index is 1120. The monoisotopic (exact) mass is 524 g/mol. The summed E-state index contributed by atoms with van der Waals surface area (Å²) in [5.74, 6) is 2.37. The number of hydrogen-bond donors (Lipinski definition) is 2. The van der Waals surface area contributed by atoms with Gasteiger partial charge in [-0.1, -0.05) is 131 Å². The van der Waals surface area contributed by atoms with Gasteiger partial charge in [0.2, 0.25) is 0 Å². The van der Waals surface area contributed by atoms with Gasteiger partial charge in [0.25, 0.3) is 12.0 Å². The molecule has 188 valence electrons. The van der Waals surface area contributed by atoms with Crippen molar-refractivity contribution in [3.8, 4) is 0 Å². The Morgan fingerprint density at radius 2 is 0.919 bits per heavy atom. The van der Waals surface area contributed by atoms with Crippen LogP contribution in [0.4, 0.5) is 0 Å². The molecule has 0 fully saturated rings. The molecule has 0 amide bonds. The minimum Gasteiger partial charge on any atom is -0.372 e. The zero-order valence-electron chi connectivity index (χ0n) is 21.2. The van der Waals surface area contributed by atoms with Crippen LogP contribution < -0.4 is 33.3 Å². The summed E-state index contributed by atoms with van der Waals surface area (Å²) in [5, 5.41) is 0. The lowest BCUT2D eigenvalue weighted by Gasteiger charge is -2.16. The van der Waals surface area contributed by atoms with Crippen LogP contribution in [0.3, 0.4) is 0 Å². The first-order chi connectivity index (χ1) is 18.3. The highest BCUT2D eigenvalue weighted by Crippen LogP contribution is 2.12. The van der Waals surface area contributed by atoms with E-state index in [2.05, 4.69) is 109 Å². The number of hydrogen-bond acceptors (Lipinski definition) is 5. The Morgan fingerprint density at radius 1 is 0.514 bits per heavy atom. The van der Waals surface area contributed by atoms with Gasteiger partial charge in [0.05, 0.1) is 13.2 Å². The maximum atomic E-state index is 6.20. The van der Waals surface area contributed by atoms with E-state index in [1.54, 1.807) is 0 Å². The van der Waals surface area contributed by atoms with Gasteiger partial charge in [0.1, 0.15) is 0 Å². The molecule has 3 nitrogen and oxygen atoms in total. The SMILES string of the molecule is NCCSB(c1ccccc1)c1cccc(COCc2cccc(B(SCCN)c3ccccc3)c2)c1. The second-order valence-electron chi connectivity index (χ2n) is 8.88. The predicted octanol–water partition coefficient (Wildman–Crippen LogP) is 3.00. The van der Waals surface area contributed by atoms with Crippen molar-refractivity contribution in [3.05, 3.63) is 120 Å². The van der Waals surface area contributed by atoms with Crippen molar-refractivity contribution < 1.29 is 4.74 Å². The fraction of sp³-hybridized carbons (Fsp3) is 0.200. The van der Waals surface area contributed by atoms with Crippen molar-refractivity contribution in [1.82, 2.24) is 0 Å². The van der Waals surface area contributed by atoms with Crippen LogP contribution >= 0.6 is 23.2 Å². The van der Waals surface area contributed by atoms with Crippen LogP contribution in [-0.2, 0) is 18.0 Å². The van der Waals surface area contributed by atoms with E-state index >= 15 is 0 Å². The predicted molar refractivity (Wildman–Crippen MR) is 167 cm³/mol. The third-order valence-electron chi connectivity index (χ3n) is 6.05. The van der Waals surface area contributed by atoms with E-state index in [1.807, 2.05) is 23.2 Å². The van der Waals surface area contributed by atoms with E-state index in [-0.39, 0.29) is 12.0 Å². The first-order valence-electron chi connectivity index (χ1n) is 12.8. The summed E-state index contributed by atoms with van der Waals surface area (Å²) in [6, 6.07) is 38.8. The molecule has 0 atom stereocenters. The minimum absolute atomic E-state index is 0.266. The van der Waals surface area contributed by atoms with Gasteiger partial charge < -0.3 is 16.2 Å². The summed E-state index contributed by atoms with van der Waals surface area (Å²) >= 11 is 3.78. The summed E-state index contributed by atoms with van der Waals surface area (Å²) in [5.41, 5.74) is 19.2. The Morgan fingerprint density at radius 3 is 1.32 bits per heavy atom. The summed E-state index contributed by atoms with van der Waals surface area (Å²) in [6.45, 7) is 2.49. The van der Waals surface area contributed by atoms with Crippen molar-refractivity contribution >= 4 is 57.1 Å². The molecule has 0 saturated carbocycles. The number of nitrogens with two attached hydrogens (primary N) is 2. The van der Waals surface area contributed by atoms with Crippen LogP contribution in [0, 0.1) is 0 Å². The van der Waals surface area contributed by atoms with E-state index in [1.165, 1.54) is 33.0 Å². The van der Waals surface area contributed by atoms with Gasteiger partial charge in [-0.05, 0) is 22.6 Å². The zero-order valence-corrected chi connectivity index (χ0v) is 22.8. The molecule has 0 aliphatic rings. The molecule has 0 aliphatic carbocycles. The van der Waals surface area contributed by atoms with Gasteiger partial charge in [-0.15, -0.1) is 0 Å². The molecule has 0 unspecified atom stereocenters. The highest BCUT2D eigenvalue weighted by Gasteiger charge is 2.21. The molecule has 0 spiro atoms. The molecule has 0 bridgehead atoms. The molecule has 0 saturated heterocycles. The molecular formula is C30H34B2N2OS2. The van der Waals surface area contributed by atoms with Gasteiger partial charge >= 0.3 is 0 Å². The van der Waals surface area contributed by atoms with Crippen molar-refractivity contribution in [1.29, 1.82) is 0 Å². The standard InChI is InChI=1S/C30H34B2N2OS2/c33-17-19-36-31(27-11-3-1-4-12-27)29-15-7-9-25(21-29)23-35-24-26-10-8-16-30(22-26)32(37-20-18-34)28-13-5-2-6-14-28/h1-16,21-22H,17-20,23-24,33-34H2. The number of benzene rings is 4. The zero-order chi connectivity index (χ0) is 25.7. The van der Waals surface area contributed by atoms with Crippen LogP contribution in [0.15, 0.2) is 109 Å². The molecule has 4 aromatic rings. The van der Waals surface area contributed by atoms with Crippen LogP contribution in [0.1, 0.15) is 11.1 Å². The van der Waals surface area contributed by atoms with Crippen molar-refractivity contribution in [2.45, 2.75) is 13.2 Å². The average molecular weight is 524 g/mol. The van der Waals surface area contributed by atoms with Crippen LogP contribution in [0.2, 0.25) is 0 Å². The molecule has 7 heteroatoms. The number of rotatable bonds is 14. The Labute approximate surface area is 230 Å². The van der Waals surface area contributed by atoms with Crippen molar-refractivity contribution in [3.63, 3.8) is 0 Å². The lowest BCUT2D eigenvalue weighted by Crippen LogP contribution is -2.40. The van der Waals surface area contributed by atoms with E-state index in [0.717, 1.165) is 11.5 Å². The van der Waals surface area contributed by atoms with Gasteiger partial charge in [0.15, 0.2) is 0 Å². The first-order valence-corrected chi connectivity index (χ1v) is 14.9. The summed E-state index contributed by atoms with van der Waals surface area (Å²) < 4.78 is 6.20. The van der Waals surface area contributed by atoms with Gasteiger partial charge in [-0.3, -0.25) is 0 Å². The second kappa shape index (κ2) is 15.1. The third-order valence-corrected chi connectivity index (χ3v) is 8.75. The molecule has 4 N–H and O–H groups in total. The Kier molecular flexibility index (Phi) is 11.3. The maximum absolute atomic E-state index is 6.20. The van der Waals surface area contributed by atoms with E-state index in [4.69, 9.17) is 16.2 Å². The first kappa shape index (κ1) is 27.6. The maximum Gasteiger partial charge on any atom is 0.274 e. The lowest BCUT2D eigenvalue weighted by atomic mass is 9.61. The normalized spacial score (nSPS) is 10.9. The highest BCUT2D eigenvalue weighted by molar-refractivity contribution is 8.28. The Balaban J connectivity index is 1.43. The minimum atomic E-state index is 0.266. The quantitative estimate of drug-likeness (QED) is 0.249. The van der Waals surface area contributed by atoms with Gasteiger partial charge in [0, 0.05) is 13.1 Å². The third kappa shape index (κ3) is 8.29. The topological polar surface area (TPSA) is 61.3 Å². The molecule has 4 aromatic carbocycles. The van der Waals surface area contributed by atoms with Gasteiger partial charge in [-0.25, -0.2) is 0 Å². The lowest BCUT2D eigenvalue weighted by molar-refractivity contribution is 0.107. The van der Waals surface area contributed by atoms with E-state index in [9.17, 15) is 0 Å². The summed E-state index contributed by atoms with van der Waals surface area (Å²) in [4.78, 5) is 0. The number of ether oxygens (including phenoxy) is 1. The largest absolute Gasteiger partial charge is 0.372 e. The highest BCUT2D eigenvalue weighted by atomic mass is 32.2. The molecule has 0 aliphatic heterocycles. The summed E-state index contributed by atoms with van der Waals surface area (Å²) in [7, 11) is 0. The van der Waals surface area contributed by atoms with Crippen molar-refractivity contribution in [2.75, 3.05) is 24.6 Å². The Hall–Kier alpha value is -2.41. The molecule has 0 aromatic heterocycles. The average Bonchev–Trinajstić information content (AvgIpc) is 2.95. The second-order valence-corrected chi connectivity index (χ2v) is 11.3. The summed E-state index contributed by atoms with van der Waals surface area (Å²) in [6.07, 6.45) is 0. The molecular weight excluding hydrogens is 490 g/mol. The molecule has 37 heavy (non-hydrogen) atoms. The van der Waals surface area contributed by atoms with Crippen molar-refractivity contribution in [2.24, 2.45) is 11.5 Å². The molecule has 0 heterocycles. The van der Waals surface area contributed by atoms with Crippen LogP contribution in [0.25, 0.3) is 0 Å².